The summed E-state index contributed by atoms with van der Waals surface area (Å²) >= 11 is 0. The number of unbranched alkanes of at least 4 members (excludes halogenated alkanes) is 3. The van der Waals surface area contributed by atoms with Crippen molar-refractivity contribution in [1.82, 2.24) is 0 Å². The molecule has 5 atom stereocenters. The van der Waals surface area contributed by atoms with E-state index in [0.29, 0.717) is 25.7 Å². The molecule has 0 bridgehead atoms. The summed E-state index contributed by atoms with van der Waals surface area (Å²) in [5, 5.41) is 39.7. The van der Waals surface area contributed by atoms with Crippen LogP contribution in [-0.2, 0) is 4.79 Å². The number of aliphatic hydroxyl groups excluding tert-OH is 3. The van der Waals surface area contributed by atoms with E-state index < -0.39 is 24.3 Å². The van der Waals surface area contributed by atoms with E-state index in [1.165, 1.54) is 0 Å². The molecule has 1 aliphatic rings. The molecule has 5 unspecified atom stereocenters. The fourth-order valence-electron chi connectivity index (χ4n) is 4.39. The highest BCUT2D eigenvalue weighted by Gasteiger charge is 2.40. The van der Waals surface area contributed by atoms with Gasteiger partial charge in [-0.2, -0.15) is 0 Å². The van der Waals surface area contributed by atoms with E-state index in [2.05, 4.69) is 0 Å². The summed E-state index contributed by atoms with van der Waals surface area (Å²) in [4.78, 5) is 10.6. The summed E-state index contributed by atoms with van der Waals surface area (Å²) < 4.78 is 5.13. The first kappa shape index (κ1) is 24.4. The Morgan fingerprint density at radius 2 is 1.70 bits per heavy atom. The number of benzene rings is 1. The van der Waals surface area contributed by atoms with E-state index in [4.69, 9.17) is 9.84 Å². The number of rotatable bonds is 13. The fourth-order valence-corrected chi connectivity index (χ4v) is 4.39. The fraction of sp³-hybridized carbons (Fsp3) is 0.625. The maximum absolute atomic E-state index is 10.6. The molecule has 1 aromatic carbocycles. The number of carboxylic acids is 1. The Bertz CT molecular complexity index is 656. The van der Waals surface area contributed by atoms with Crippen LogP contribution in [0.4, 0.5) is 0 Å². The molecular formula is C24H36O6. The molecule has 0 amide bonds. The van der Waals surface area contributed by atoms with Crippen LogP contribution in [0.1, 0.15) is 63.4 Å². The predicted molar refractivity (Wildman–Crippen MR) is 116 cm³/mol. The average Bonchev–Trinajstić information content (AvgIpc) is 2.99. The second-order valence-corrected chi connectivity index (χ2v) is 8.32. The van der Waals surface area contributed by atoms with Gasteiger partial charge in [0.25, 0.3) is 0 Å². The quantitative estimate of drug-likeness (QED) is 0.363. The normalized spacial score (nSPS) is 24.9. The SMILES string of the molecule is COc1ccc(/C=C/C(O)CCC2C(O)CC(O)C2CCCCCCC(=O)O)cc1. The molecule has 0 aromatic heterocycles. The van der Waals surface area contributed by atoms with Gasteiger partial charge in [0.05, 0.1) is 25.4 Å². The van der Waals surface area contributed by atoms with E-state index in [1.807, 2.05) is 30.3 Å². The van der Waals surface area contributed by atoms with Crippen molar-refractivity contribution in [1.29, 1.82) is 0 Å². The zero-order valence-corrected chi connectivity index (χ0v) is 17.8. The van der Waals surface area contributed by atoms with Crippen molar-refractivity contribution in [3.05, 3.63) is 35.9 Å². The van der Waals surface area contributed by atoms with Gasteiger partial charge in [-0.3, -0.25) is 4.79 Å². The second kappa shape index (κ2) is 12.7. The van der Waals surface area contributed by atoms with E-state index >= 15 is 0 Å². The largest absolute Gasteiger partial charge is 0.497 e. The molecule has 0 radical (unpaired) electrons. The summed E-state index contributed by atoms with van der Waals surface area (Å²) in [6.07, 6.45) is 8.03. The second-order valence-electron chi connectivity index (χ2n) is 8.32. The van der Waals surface area contributed by atoms with Crippen molar-refractivity contribution in [3.63, 3.8) is 0 Å². The molecule has 1 aromatic rings. The van der Waals surface area contributed by atoms with E-state index in [1.54, 1.807) is 13.2 Å². The molecule has 0 saturated heterocycles. The highest BCUT2D eigenvalue weighted by Crippen LogP contribution is 2.39. The first-order valence-corrected chi connectivity index (χ1v) is 11.0. The summed E-state index contributed by atoms with van der Waals surface area (Å²) in [6, 6.07) is 7.58. The maximum Gasteiger partial charge on any atom is 0.303 e. The van der Waals surface area contributed by atoms with Gasteiger partial charge in [0.2, 0.25) is 0 Å². The highest BCUT2D eigenvalue weighted by molar-refractivity contribution is 5.66. The highest BCUT2D eigenvalue weighted by atomic mass is 16.5. The van der Waals surface area contributed by atoms with Crippen molar-refractivity contribution >= 4 is 12.0 Å². The zero-order valence-electron chi connectivity index (χ0n) is 17.8. The molecule has 1 aliphatic carbocycles. The number of ether oxygens (including phenoxy) is 1. The van der Waals surface area contributed by atoms with Crippen LogP contribution in [0.2, 0.25) is 0 Å². The smallest absolute Gasteiger partial charge is 0.303 e. The third kappa shape index (κ3) is 8.09. The number of carbonyl (C=O) groups is 1. The van der Waals surface area contributed by atoms with Gasteiger partial charge in [0.15, 0.2) is 0 Å². The van der Waals surface area contributed by atoms with Crippen LogP contribution in [0.25, 0.3) is 6.08 Å². The third-order valence-electron chi connectivity index (χ3n) is 6.12. The standard InChI is InChI=1S/C24H36O6/c1-30-19-13-9-17(10-14-19)8-11-18(25)12-15-21-20(22(26)16-23(21)27)6-4-2-3-5-7-24(28)29/h8-11,13-14,18,20-23,25-27H,2-7,12,15-16H2,1H3,(H,28,29)/b11-8+. The Morgan fingerprint density at radius 1 is 1.07 bits per heavy atom. The van der Waals surface area contributed by atoms with Gasteiger partial charge in [-0.15, -0.1) is 0 Å². The maximum atomic E-state index is 10.6. The lowest BCUT2D eigenvalue weighted by Crippen LogP contribution is -2.23. The molecule has 0 spiro atoms. The molecule has 0 aliphatic heterocycles. The van der Waals surface area contributed by atoms with Gasteiger partial charge in [0.1, 0.15) is 5.75 Å². The van der Waals surface area contributed by atoms with Crippen molar-refractivity contribution in [2.24, 2.45) is 11.8 Å². The lowest BCUT2D eigenvalue weighted by molar-refractivity contribution is -0.137. The average molecular weight is 421 g/mol. The van der Waals surface area contributed by atoms with Gasteiger partial charge in [-0.05, 0) is 61.6 Å². The van der Waals surface area contributed by atoms with Crippen molar-refractivity contribution < 1.29 is 30.0 Å². The van der Waals surface area contributed by atoms with Gasteiger partial charge in [0, 0.05) is 6.42 Å². The third-order valence-corrected chi connectivity index (χ3v) is 6.12. The van der Waals surface area contributed by atoms with Gasteiger partial charge in [-0.1, -0.05) is 43.5 Å². The van der Waals surface area contributed by atoms with Crippen molar-refractivity contribution in [2.75, 3.05) is 7.11 Å². The topological polar surface area (TPSA) is 107 Å². The van der Waals surface area contributed by atoms with E-state index in [-0.39, 0.29) is 18.3 Å². The molecular weight excluding hydrogens is 384 g/mol. The minimum absolute atomic E-state index is 0.0111. The van der Waals surface area contributed by atoms with Gasteiger partial charge >= 0.3 is 5.97 Å². The number of aliphatic carboxylic acids is 1. The number of hydrogen-bond acceptors (Lipinski definition) is 5. The molecule has 1 fully saturated rings. The van der Waals surface area contributed by atoms with Gasteiger partial charge < -0.3 is 25.2 Å². The predicted octanol–water partition coefficient (Wildman–Crippen LogP) is 3.63. The number of carboxylic acid groups (broad SMARTS) is 1. The van der Waals surface area contributed by atoms with Crippen LogP contribution in [0.3, 0.4) is 0 Å². The molecule has 6 nitrogen and oxygen atoms in total. The summed E-state index contributed by atoms with van der Waals surface area (Å²) in [7, 11) is 1.62. The number of methoxy groups -OCH3 is 1. The minimum atomic E-state index is -0.760. The molecule has 30 heavy (non-hydrogen) atoms. The van der Waals surface area contributed by atoms with Crippen molar-refractivity contribution in [3.8, 4) is 5.75 Å². The van der Waals surface area contributed by atoms with Crippen LogP contribution in [0, 0.1) is 11.8 Å². The molecule has 6 heteroatoms. The summed E-state index contributed by atoms with van der Waals surface area (Å²) in [5.74, 6) is 0.0544. The number of hydrogen-bond donors (Lipinski definition) is 4. The molecule has 2 rings (SSSR count). The monoisotopic (exact) mass is 420 g/mol. The first-order valence-electron chi connectivity index (χ1n) is 11.0. The van der Waals surface area contributed by atoms with Gasteiger partial charge in [-0.25, -0.2) is 0 Å². The minimum Gasteiger partial charge on any atom is -0.497 e. The Hall–Kier alpha value is -1.89. The zero-order chi connectivity index (χ0) is 21.9. The molecule has 4 N–H and O–H groups in total. The van der Waals surface area contributed by atoms with Crippen LogP contribution in [-0.4, -0.2) is 51.8 Å². The Balaban J connectivity index is 1.76. The van der Waals surface area contributed by atoms with E-state index in [0.717, 1.165) is 37.0 Å². The Morgan fingerprint density at radius 3 is 2.33 bits per heavy atom. The summed E-state index contributed by atoms with van der Waals surface area (Å²) in [5.41, 5.74) is 0.979. The first-order chi connectivity index (χ1) is 14.4. The van der Waals surface area contributed by atoms with Crippen LogP contribution >= 0.6 is 0 Å². The van der Waals surface area contributed by atoms with Crippen LogP contribution in [0.5, 0.6) is 5.75 Å². The molecule has 0 heterocycles. The Labute approximate surface area is 179 Å². The summed E-state index contributed by atoms with van der Waals surface area (Å²) in [6.45, 7) is 0. The molecule has 1 saturated carbocycles. The van der Waals surface area contributed by atoms with E-state index in [9.17, 15) is 20.1 Å². The number of aliphatic hydroxyl groups is 3. The lowest BCUT2D eigenvalue weighted by Gasteiger charge is -2.24. The van der Waals surface area contributed by atoms with Crippen LogP contribution in [0.15, 0.2) is 30.3 Å². The molecule has 168 valence electrons. The van der Waals surface area contributed by atoms with Crippen molar-refractivity contribution in [2.45, 2.75) is 76.1 Å². The Kier molecular flexibility index (Phi) is 10.3. The lowest BCUT2D eigenvalue weighted by atomic mass is 9.85. The van der Waals surface area contributed by atoms with Crippen LogP contribution < -0.4 is 4.74 Å².